The van der Waals surface area contributed by atoms with Crippen LogP contribution in [-0.2, 0) is 13.5 Å². The van der Waals surface area contributed by atoms with E-state index in [0.717, 1.165) is 5.82 Å². The van der Waals surface area contributed by atoms with Crippen LogP contribution in [0.3, 0.4) is 0 Å². The van der Waals surface area contributed by atoms with Crippen LogP contribution in [0.1, 0.15) is 17.4 Å². The summed E-state index contributed by atoms with van der Waals surface area (Å²) in [5.41, 5.74) is 3.16. The van der Waals surface area contributed by atoms with Crippen molar-refractivity contribution < 1.29 is 4.39 Å². The molecule has 0 amide bonds. The van der Waals surface area contributed by atoms with Gasteiger partial charge in [-0.05, 0) is 12.1 Å². The normalized spacial score (nSPS) is 12.7. The van der Waals surface area contributed by atoms with Gasteiger partial charge in [0.1, 0.15) is 11.6 Å². The van der Waals surface area contributed by atoms with Crippen molar-refractivity contribution in [3.05, 3.63) is 52.3 Å². The molecular weight excluding hydrogens is 299 g/mol. The number of rotatable bonds is 4. The lowest BCUT2D eigenvalue weighted by Crippen LogP contribution is -2.31. The van der Waals surface area contributed by atoms with Crippen molar-refractivity contribution in [3.8, 4) is 0 Å². The van der Waals surface area contributed by atoms with E-state index in [1.54, 1.807) is 18.3 Å². The number of aryl methyl sites for hydroxylation is 1. The number of hydrogen-bond acceptors (Lipinski definition) is 3. The fourth-order valence-electron chi connectivity index (χ4n) is 1.86. The summed E-state index contributed by atoms with van der Waals surface area (Å²) in [6.07, 6.45) is 4.07. The van der Waals surface area contributed by atoms with Gasteiger partial charge in [-0.3, -0.25) is 11.3 Å². The Hall–Kier alpha value is -1.24. The molecule has 96 valence electrons. The van der Waals surface area contributed by atoms with Crippen LogP contribution in [0.15, 0.2) is 35.1 Å². The molecule has 1 unspecified atom stereocenters. The largest absolute Gasteiger partial charge is 0.338 e. The predicted octanol–water partition coefficient (Wildman–Crippen LogP) is 2.07. The fourth-order valence-corrected chi connectivity index (χ4v) is 2.48. The maximum atomic E-state index is 13.9. The molecule has 0 aliphatic rings. The van der Waals surface area contributed by atoms with Gasteiger partial charge in [-0.1, -0.05) is 22.0 Å². The predicted molar refractivity (Wildman–Crippen MR) is 71.1 cm³/mol. The summed E-state index contributed by atoms with van der Waals surface area (Å²) in [4.78, 5) is 4.22. The number of nitrogens with one attached hydrogen (secondary N) is 1. The molecule has 1 aromatic heterocycles. The molecular formula is C12H14BrFN4. The first kappa shape index (κ1) is 13.2. The molecule has 1 aromatic carbocycles. The van der Waals surface area contributed by atoms with Gasteiger partial charge in [0.15, 0.2) is 0 Å². The highest BCUT2D eigenvalue weighted by Crippen LogP contribution is 2.27. The zero-order chi connectivity index (χ0) is 13.1. The van der Waals surface area contributed by atoms with Crippen LogP contribution in [0, 0.1) is 5.82 Å². The third-order valence-corrected chi connectivity index (χ3v) is 3.55. The summed E-state index contributed by atoms with van der Waals surface area (Å²) >= 11 is 3.35. The van der Waals surface area contributed by atoms with E-state index in [1.807, 2.05) is 17.8 Å². The van der Waals surface area contributed by atoms with E-state index in [4.69, 9.17) is 5.84 Å². The van der Waals surface area contributed by atoms with E-state index in [0.29, 0.717) is 16.5 Å². The lowest BCUT2D eigenvalue weighted by molar-refractivity contribution is 0.494. The second-order valence-corrected chi connectivity index (χ2v) is 4.87. The average Bonchev–Trinajstić information content (AvgIpc) is 2.73. The third-order valence-electron chi connectivity index (χ3n) is 2.86. The highest BCUT2D eigenvalue weighted by Gasteiger charge is 2.19. The number of nitrogens with two attached hydrogens (primary N) is 1. The molecule has 6 heteroatoms. The van der Waals surface area contributed by atoms with Crippen molar-refractivity contribution in [2.75, 3.05) is 0 Å². The summed E-state index contributed by atoms with van der Waals surface area (Å²) in [5.74, 6) is 6.09. The molecule has 2 aromatic rings. The standard InChI is InChI=1S/C12H14BrFN4/c1-18-6-5-16-11(18)7-10(17-15)12-8(13)3-2-4-9(12)14/h2-6,10,17H,7,15H2,1H3. The highest BCUT2D eigenvalue weighted by molar-refractivity contribution is 9.10. The van der Waals surface area contributed by atoms with Gasteiger partial charge in [0.25, 0.3) is 0 Å². The third kappa shape index (κ3) is 2.60. The Labute approximate surface area is 113 Å². The number of nitrogens with zero attached hydrogens (tertiary/aromatic N) is 2. The van der Waals surface area contributed by atoms with Gasteiger partial charge in [-0.2, -0.15) is 0 Å². The number of benzene rings is 1. The summed E-state index contributed by atoms with van der Waals surface area (Å²) in [5, 5.41) is 0. The van der Waals surface area contributed by atoms with Crippen molar-refractivity contribution in [1.82, 2.24) is 15.0 Å². The van der Waals surface area contributed by atoms with Crippen LogP contribution < -0.4 is 11.3 Å². The van der Waals surface area contributed by atoms with E-state index in [-0.39, 0.29) is 11.9 Å². The molecule has 1 heterocycles. The van der Waals surface area contributed by atoms with Crippen LogP contribution in [0.2, 0.25) is 0 Å². The topological polar surface area (TPSA) is 55.9 Å². The molecule has 18 heavy (non-hydrogen) atoms. The van der Waals surface area contributed by atoms with Gasteiger partial charge in [0.2, 0.25) is 0 Å². The molecule has 1 atom stereocenters. The Kier molecular flexibility index (Phi) is 4.11. The molecule has 0 aliphatic heterocycles. The Morgan fingerprint density at radius 3 is 2.89 bits per heavy atom. The van der Waals surface area contributed by atoms with Crippen LogP contribution in [-0.4, -0.2) is 9.55 Å². The van der Waals surface area contributed by atoms with Crippen molar-refractivity contribution >= 4 is 15.9 Å². The van der Waals surface area contributed by atoms with E-state index < -0.39 is 0 Å². The van der Waals surface area contributed by atoms with Crippen molar-refractivity contribution in [2.45, 2.75) is 12.5 Å². The number of imidazole rings is 1. The van der Waals surface area contributed by atoms with Crippen molar-refractivity contribution in [1.29, 1.82) is 0 Å². The quantitative estimate of drug-likeness (QED) is 0.671. The van der Waals surface area contributed by atoms with E-state index in [1.165, 1.54) is 6.07 Å². The van der Waals surface area contributed by atoms with Crippen LogP contribution in [0.25, 0.3) is 0 Å². The zero-order valence-corrected chi connectivity index (χ0v) is 11.5. The van der Waals surface area contributed by atoms with Crippen molar-refractivity contribution in [2.24, 2.45) is 12.9 Å². The summed E-state index contributed by atoms with van der Waals surface area (Å²) < 4.78 is 16.4. The van der Waals surface area contributed by atoms with E-state index in [9.17, 15) is 4.39 Å². The second kappa shape index (κ2) is 5.60. The van der Waals surface area contributed by atoms with Gasteiger partial charge < -0.3 is 4.57 Å². The number of hydrazine groups is 1. The number of hydrogen-bond donors (Lipinski definition) is 2. The minimum absolute atomic E-state index is 0.290. The summed E-state index contributed by atoms with van der Waals surface area (Å²) in [7, 11) is 1.90. The lowest BCUT2D eigenvalue weighted by Gasteiger charge is -2.18. The molecule has 2 rings (SSSR count). The van der Waals surface area contributed by atoms with E-state index >= 15 is 0 Å². The Morgan fingerprint density at radius 2 is 2.33 bits per heavy atom. The summed E-state index contributed by atoms with van der Waals surface area (Å²) in [6.45, 7) is 0. The Bertz CT molecular complexity index is 520. The Morgan fingerprint density at radius 1 is 1.56 bits per heavy atom. The zero-order valence-electron chi connectivity index (χ0n) is 9.90. The molecule has 0 saturated carbocycles. The SMILES string of the molecule is Cn1ccnc1CC(NN)c1c(F)cccc1Br. The molecule has 0 aliphatic carbocycles. The van der Waals surface area contributed by atoms with Crippen molar-refractivity contribution in [3.63, 3.8) is 0 Å². The van der Waals surface area contributed by atoms with Gasteiger partial charge in [0.05, 0.1) is 6.04 Å². The molecule has 3 N–H and O–H groups in total. The van der Waals surface area contributed by atoms with Crippen LogP contribution >= 0.6 is 15.9 Å². The minimum Gasteiger partial charge on any atom is -0.338 e. The molecule has 0 bridgehead atoms. The maximum absolute atomic E-state index is 13.9. The highest BCUT2D eigenvalue weighted by atomic mass is 79.9. The Balaban J connectivity index is 2.32. The molecule has 0 spiro atoms. The fraction of sp³-hybridized carbons (Fsp3) is 0.250. The van der Waals surface area contributed by atoms with Gasteiger partial charge >= 0.3 is 0 Å². The van der Waals surface area contributed by atoms with E-state index in [2.05, 4.69) is 26.3 Å². The van der Waals surface area contributed by atoms with Crippen LogP contribution in [0.5, 0.6) is 0 Å². The first-order valence-electron chi connectivity index (χ1n) is 5.49. The monoisotopic (exact) mass is 312 g/mol. The van der Waals surface area contributed by atoms with Gasteiger partial charge in [0, 0.05) is 35.9 Å². The molecule has 4 nitrogen and oxygen atoms in total. The maximum Gasteiger partial charge on any atom is 0.129 e. The minimum atomic E-state index is -0.332. The molecule has 0 saturated heterocycles. The van der Waals surface area contributed by atoms with Crippen LogP contribution in [0.4, 0.5) is 4.39 Å². The number of halogens is 2. The first-order chi connectivity index (χ1) is 8.63. The molecule has 0 fully saturated rings. The second-order valence-electron chi connectivity index (χ2n) is 4.01. The summed E-state index contributed by atoms with van der Waals surface area (Å²) in [6, 6.07) is 4.53. The smallest absolute Gasteiger partial charge is 0.129 e. The lowest BCUT2D eigenvalue weighted by atomic mass is 10.0. The molecule has 0 radical (unpaired) electrons. The number of aromatic nitrogens is 2. The first-order valence-corrected chi connectivity index (χ1v) is 6.29. The average molecular weight is 313 g/mol. The van der Waals surface area contributed by atoms with Gasteiger partial charge in [-0.25, -0.2) is 9.37 Å². The van der Waals surface area contributed by atoms with Gasteiger partial charge in [-0.15, -0.1) is 0 Å².